The van der Waals surface area contributed by atoms with Crippen molar-refractivity contribution in [2.24, 2.45) is 5.92 Å². The van der Waals surface area contributed by atoms with Crippen molar-refractivity contribution < 1.29 is 27.9 Å². The average molecular weight is 592 g/mol. The number of aliphatic carboxylic acids is 1. The predicted octanol–water partition coefficient (Wildman–Crippen LogP) is 6.02. The molecule has 0 bridgehead atoms. The summed E-state index contributed by atoms with van der Waals surface area (Å²) in [6.45, 7) is -0.0987. The van der Waals surface area contributed by atoms with Gasteiger partial charge in [-0.2, -0.15) is 9.61 Å². The molecule has 2 aromatic carbocycles. The third-order valence-corrected chi connectivity index (χ3v) is 7.55. The number of fused-ring (bicyclic) bond motifs is 1. The number of carbonyl (C=O) groups is 2. The maximum Gasteiger partial charge on any atom is 0.303 e. The van der Waals surface area contributed by atoms with E-state index in [9.17, 15) is 22.8 Å². The van der Waals surface area contributed by atoms with E-state index in [0.29, 0.717) is 16.5 Å². The van der Waals surface area contributed by atoms with Gasteiger partial charge in [0.05, 0.1) is 29.4 Å². The van der Waals surface area contributed by atoms with Gasteiger partial charge in [-0.05, 0) is 30.7 Å². The van der Waals surface area contributed by atoms with Crippen LogP contribution in [-0.4, -0.2) is 62.8 Å². The predicted molar refractivity (Wildman–Crippen MR) is 144 cm³/mol. The van der Waals surface area contributed by atoms with Crippen LogP contribution in [0.15, 0.2) is 48.5 Å². The minimum atomic E-state index is -1.49. The Morgan fingerprint density at radius 3 is 2.48 bits per heavy atom. The summed E-state index contributed by atoms with van der Waals surface area (Å²) >= 11 is 12.1. The van der Waals surface area contributed by atoms with Gasteiger partial charge in [0.15, 0.2) is 11.3 Å². The van der Waals surface area contributed by atoms with E-state index in [4.69, 9.17) is 28.3 Å². The zero-order chi connectivity index (χ0) is 28.7. The number of halogens is 5. The van der Waals surface area contributed by atoms with Crippen LogP contribution in [0.1, 0.15) is 23.3 Å². The molecule has 13 heteroatoms. The number of aromatic nitrogens is 3. The zero-order valence-electron chi connectivity index (χ0n) is 21.0. The Kier molecular flexibility index (Phi) is 7.61. The maximum atomic E-state index is 14.7. The Bertz CT molecular complexity index is 1610. The van der Waals surface area contributed by atoms with Gasteiger partial charge in [-0.3, -0.25) is 9.59 Å². The van der Waals surface area contributed by atoms with Gasteiger partial charge in [-0.25, -0.2) is 18.2 Å². The average Bonchev–Trinajstić information content (AvgIpc) is 3.35. The van der Waals surface area contributed by atoms with Crippen molar-refractivity contribution in [1.82, 2.24) is 19.5 Å². The number of carboxylic acids is 1. The lowest BCUT2D eigenvalue weighted by Gasteiger charge is -2.33. The van der Waals surface area contributed by atoms with Gasteiger partial charge in [0.1, 0.15) is 28.6 Å². The number of hydrogen-bond donors (Lipinski definition) is 1. The molecule has 1 saturated heterocycles. The molecule has 4 aromatic rings. The zero-order valence-corrected chi connectivity index (χ0v) is 22.5. The molecule has 40 heavy (non-hydrogen) atoms. The van der Waals surface area contributed by atoms with E-state index in [1.54, 1.807) is 36.2 Å². The molecule has 1 fully saturated rings. The topological polar surface area (TPSA) is 91.0 Å². The summed E-state index contributed by atoms with van der Waals surface area (Å²) in [7, 11) is 1.70. The summed E-state index contributed by atoms with van der Waals surface area (Å²) in [6, 6.07) is 12.0. The van der Waals surface area contributed by atoms with E-state index in [2.05, 4.69) is 10.1 Å². The number of alkyl halides is 1. The first-order chi connectivity index (χ1) is 19.0. The van der Waals surface area contributed by atoms with Gasteiger partial charge in [0.2, 0.25) is 0 Å². The smallest absolute Gasteiger partial charge is 0.303 e. The molecule has 0 radical (unpaired) electrons. The molecule has 5 rings (SSSR count). The molecule has 1 N–H and O–H groups in total. The van der Waals surface area contributed by atoms with Gasteiger partial charge in [-0.1, -0.05) is 35.3 Å². The van der Waals surface area contributed by atoms with Crippen LogP contribution >= 0.6 is 23.2 Å². The van der Waals surface area contributed by atoms with E-state index >= 15 is 0 Å². The van der Waals surface area contributed by atoms with E-state index in [1.165, 1.54) is 21.5 Å². The first kappa shape index (κ1) is 27.7. The summed E-state index contributed by atoms with van der Waals surface area (Å²) in [6.07, 6.45) is -1.61. The van der Waals surface area contributed by atoms with Crippen molar-refractivity contribution in [3.8, 4) is 11.3 Å². The Balaban J connectivity index is 1.57. The summed E-state index contributed by atoms with van der Waals surface area (Å²) < 4.78 is 44.7. The Morgan fingerprint density at radius 1 is 1.12 bits per heavy atom. The Hall–Kier alpha value is -3.83. The van der Waals surface area contributed by atoms with Gasteiger partial charge in [0, 0.05) is 37.2 Å². The number of hydrogen-bond acceptors (Lipinski definition) is 5. The third-order valence-electron chi connectivity index (χ3n) is 6.86. The molecule has 0 spiro atoms. The van der Waals surface area contributed by atoms with Crippen molar-refractivity contribution in [2.75, 3.05) is 25.0 Å². The van der Waals surface area contributed by atoms with Crippen LogP contribution in [0.4, 0.5) is 24.7 Å². The third kappa shape index (κ3) is 5.31. The van der Waals surface area contributed by atoms with Crippen LogP contribution in [0.25, 0.3) is 16.9 Å². The van der Waals surface area contributed by atoms with Crippen molar-refractivity contribution in [3.05, 3.63) is 75.9 Å². The van der Waals surface area contributed by atoms with Gasteiger partial charge in [-0.15, -0.1) is 0 Å². The fourth-order valence-electron chi connectivity index (χ4n) is 4.75. The quantitative estimate of drug-likeness (QED) is 0.276. The van der Waals surface area contributed by atoms with Crippen LogP contribution in [-0.2, 0) is 4.79 Å². The number of nitrogens with zero attached hydrogens (tertiary/aromatic N) is 5. The lowest BCUT2D eigenvalue weighted by molar-refractivity contribution is -0.139. The first-order valence-corrected chi connectivity index (χ1v) is 13.0. The molecule has 0 unspecified atom stereocenters. The Labute approximate surface area is 236 Å². The van der Waals surface area contributed by atoms with E-state index in [1.807, 2.05) is 0 Å². The molecule has 1 aliphatic rings. The molecule has 1 aliphatic heterocycles. The highest BCUT2D eigenvalue weighted by Gasteiger charge is 2.34. The summed E-state index contributed by atoms with van der Waals surface area (Å²) in [5, 5.41) is 13.2. The molecule has 2 aromatic heterocycles. The number of amides is 1. The van der Waals surface area contributed by atoms with E-state index < -0.39 is 40.6 Å². The molecular weight excluding hydrogens is 570 g/mol. The standard InChI is InChI=1S/C27H22Cl2F3N5O3/c1-35(22-5-3-2-4-16(22)28)24-12-20(15-8-17(30)26(29)18(31)9-15)33-23-11-21(34-37(23)24)27(40)36-7-6-14(10-25(38)39)19(32)13-36/h2-5,8-9,11-12,14,19H,6-7,10,13H2,1H3,(H,38,39)/t14-,19-/m0/s1. The number of carbonyl (C=O) groups excluding carboxylic acids is 1. The minimum Gasteiger partial charge on any atom is -0.481 e. The van der Waals surface area contributed by atoms with Crippen LogP contribution in [0.5, 0.6) is 0 Å². The van der Waals surface area contributed by atoms with Crippen LogP contribution < -0.4 is 4.90 Å². The lowest BCUT2D eigenvalue weighted by atomic mass is 9.91. The number of benzene rings is 2. The van der Waals surface area contributed by atoms with Gasteiger partial charge < -0.3 is 14.9 Å². The van der Waals surface area contributed by atoms with Crippen molar-refractivity contribution in [1.29, 1.82) is 0 Å². The second-order valence-electron chi connectivity index (χ2n) is 9.48. The number of rotatable bonds is 6. The summed E-state index contributed by atoms with van der Waals surface area (Å²) in [5.74, 6) is -3.88. The fraction of sp³-hybridized carbons (Fsp3) is 0.259. The molecule has 2 atom stereocenters. The maximum absolute atomic E-state index is 14.7. The Morgan fingerprint density at radius 2 is 1.82 bits per heavy atom. The van der Waals surface area contributed by atoms with Crippen molar-refractivity contribution >= 4 is 52.2 Å². The molecule has 1 amide bonds. The number of piperidine rings is 1. The highest BCUT2D eigenvalue weighted by Crippen LogP contribution is 2.34. The molecule has 208 valence electrons. The van der Waals surface area contributed by atoms with Crippen LogP contribution in [0.3, 0.4) is 0 Å². The monoisotopic (exact) mass is 591 g/mol. The molecule has 8 nitrogen and oxygen atoms in total. The van der Waals surface area contributed by atoms with Crippen LogP contribution in [0.2, 0.25) is 10.0 Å². The molecule has 3 heterocycles. The second-order valence-corrected chi connectivity index (χ2v) is 10.3. The summed E-state index contributed by atoms with van der Waals surface area (Å²) in [5.41, 5.74) is 1.01. The normalized spacial score (nSPS) is 17.3. The lowest BCUT2D eigenvalue weighted by Crippen LogP contribution is -2.45. The largest absolute Gasteiger partial charge is 0.481 e. The second kappa shape index (κ2) is 11.0. The molecule has 0 aliphatic carbocycles. The van der Waals surface area contributed by atoms with E-state index in [-0.39, 0.29) is 48.5 Å². The number of anilines is 2. The molecule has 0 saturated carbocycles. The fourth-order valence-corrected chi connectivity index (χ4v) is 5.13. The van der Waals surface area contributed by atoms with Crippen molar-refractivity contribution in [2.45, 2.75) is 19.0 Å². The van der Waals surface area contributed by atoms with E-state index in [0.717, 1.165) is 12.1 Å². The first-order valence-electron chi connectivity index (χ1n) is 12.2. The number of carboxylic acid groups (broad SMARTS) is 1. The molecular formula is C27H22Cl2F3N5O3. The highest BCUT2D eigenvalue weighted by molar-refractivity contribution is 6.33. The van der Waals surface area contributed by atoms with Crippen LogP contribution in [0, 0.1) is 17.6 Å². The van der Waals surface area contributed by atoms with Gasteiger partial charge in [0.25, 0.3) is 5.91 Å². The van der Waals surface area contributed by atoms with Gasteiger partial charge >= 0.3 is 5.97 Å². The minimum absolute atomic E-state index is 0.0317. The van der Waals surface area contributed by atoms with Crippen molar-refractivity contribution in [3.63, 3.8) is 0 Å². The summed E-state index contributed by atoms with van der Waals surface area (Å²) in [4.78, 5) is 31.8. The number of para-hydroxylation sites is 1. The number of likely N-dealkylation sites (tertiary alicyclic amines) is 1. The SMILES string of the molecule is CN(c1ccccc1Cl)c1cc(-c2cc(F)c(Cl)c(F)c2)nc2cc(C(=O)N3CC[C@@H](CC(=O)O)[C@@H](F)C3)nn12. The highest BCUT2D eigenvalue weighted by atomic mass is 35.5.